The average molecular weight is 427 g/mol. The summed E-state index contributed by atoms with van der Waals surface area (Å²) in [6, 6.07) is 19.7. The fraction of sp³-hybridized carbons (Fsp3) is 0.269. The monoisotopic (exact) mass is 426 g/mol. The van der Waals surface area contributed by atoms with Gasteiger partial charge in [0, 0.05) is 56.0 Å². The number of benzene rings is 2. The molecule has 1 aromatic heterocycles. The molecule has 3 aromatic rings. The van der Waals surface area contributed by atoms with Gasteiger partial charge in [-0.15, -0.1) is 0 Å². The van der Waals surface area contributed by atoms with Gasteiger partial charge in [0.05, 0.1) is 5.41 Å². The molecule has 2 aliphatic rings. The van der Waals surface area contributed by atoms with E-state index in [2.05, 4.69) is 27.3 Å². The van der Waals surface area contributed by atoms with Crippen molar-refractivity contribution in [1.29, 1.82) is 0 Å². The number of carbonyl (C=O) groups excluding carboxylic acids is 2. The van der Waals surface area contributed by atoms with Crippen molar-refractivity contribution >= 4 is 23.2 Å². The molecule has 32 heavy (non-hydrogen) atoms. The summed E-state index contributed by atoms with van der Waals surface area (Å²) in [7, 11) is 1.83. The Bertz CT molecular complexity index is 1140. The summed E-state index contributed by atoms with van der Waals surface area (Å²) < 4.78 is 0. The van der Waals surface area contributed by atoms with Crippen molar-refractivity contribution in [2.75, 3.05) is 29.9 Å². The first-order valence-corrected chi connectivity index (χ1v) is 11.0. The number of anilines is 2. The van der Waals surface area contributed by atoms with Crippen LogP contribution in [0.2, 0.25) is 0 Å². The van der Waals surface area contributed by atoms with Crippen molar-refractivity contribution in [2.45, 2.75) is 24.8 Å². The van der Waals surface area contributed by atoms with Crippen LogP contribution in [0.3, 0.4) is 0 Å². The largest absolute Gasteiger partial charge is 0.371 e. The van der Waals surface area contributed by atoms with Crippen LogP contribution in [0.25, 0.3) is 0 Å². The average Bonchev–Trinajstić information content (AvgIpc) is 3.05. The molecule has 1 fully saturated rings. The molecule has 6 heteroatoms. The quantitative estimate of drug-likeness (QED) is 0.693. The molecule has 6 nitrogen and oxygen atoms in total. The number of aromatic nitrogens is 1. The molecule has 0 saturated carbocycles. The molecule has 1 spiro atoms. The zero-order chi connectivity index (χ0) is 22.1. The normalized spacial score (nSPS) is 16.8. The number of likely N-dealkylation sites (N-methyl/N-ethyl adjacent to an activating group) is 1. The number of nitrogens with one attached hydrogen (secondary N) is 1. The Labute approximate surface area is 187 Å². The molecule has 2 aromatic carbocycles. The molecular formula is C26H26N4O2. The smallest absolute Gasteiger partial charge is 0.251 e. The van der Waals surface area contributed by atoms with E-state index in [4.69, 9.17) is 0 Å². The zero-order valence-electron chi connectivity index (χ0n) is 18.1. The van der Waals surface area contributed by atoms with Gasteiger partial charge in [-0.25, -0.2) is 0 Å². The number of hydrogen-bond acceptors (Lipinski definition) is 4. The van der Waals surface area contributed by atoms with Crippen molar-refractivity contribution < 1.29 is 9.59 Å². The van der Waals surface area contributed by atoms with Crippen molar-refractivity contribution in [3.05, 3.63) is 89.7 Å². The van der Waals surface area contributed by atoms with Gasteiger partial charge in [-0.2, -0.15) is 0 Å². The maximum absolute atomic E-state index is 13.4. The summed E-state index contributed by atoms with van der Waals surface area (Å²) in [5, 5.41) is 2.96. The van der Waals surface area contributed by atoms with E-state index in [0.29, 0.717) is 12.1 Å². The van der Waals surface area contributed by atoms with Crippen molar-refractivity contribution in [2.24, 2.45) is 0 Å². The van der Waals surface area contributed by atoms with Crippen LogP contribution in [0.15, 0.2) is 73.1 Å². The second-order valence-corrected chi connectivity index (χ2v) is 8.54. The highest BCUT2D eigenvalue weighted by molar-refractivity contribution is 6.09. The van der Waals surface area contributed by atoms with Gasteiger partial charge in [0.15, 0.2) is 0 Å². The Hall–Kier alpha value is -3.67. The minimum absolute atomic E-state index is 0.133. The van der Waals surface area contributed by atoms with Crippen LogP contribution in [0.4, 0.5) is 11.4 Å². The minimum atomic E-state index is -0.561. The molecule has 2 amide bonds. The number of hydrogen-bond donors (Lipinski definition) is 1. The van der Waals surface area contributed by atoms with Gasteiger partial charge in [-0.05, 0) is 60.4 Å². The molecule has 1 N–H and O–H groups in total. The highest BCUT2D eigenvalue weighted by Crippen LogP contribution is 2.48. The number of rotatable bonds is 4. The minimum Gasteiger partial charge on any atom is -0.371 e. The first-order valence-electron chi connectivity index (χ1n) is 11.0. The van der Waals surface area contributed by atoms with Crippen molar-refractivity contribution in [3.63, 3.8) is 0 Å². The van der Waals surface area contributed by atoms with E-state index in [1.54, 1.807) is 23.4 Å². The van der Waals surface area contributed by atoms with E-state index >= 15 is 0 Å². The molecule has 5 rings (SSSR count). The van der Waals surface area contributed by atoms with E-state index < -0.39 is 5.41 Å². The lowest BCUT2D eigenvalue weighted by Crippen LogP contribution is -2.48. The summed E-state index contributed by atoms with van der Waals surface area (Å²) in [5.74, 6) is -0.0105. The van der Waals surface area contributed by atoms with Gasteiger partial charge in [0.1, 0.15) is 0 Å². The van der Waals surface area contributed by atoms with Gasteiger partial charge < -0.3 is 15.1 Å². The number of amides is 2. The lowest BCUT2D eigenvalue weighted by Gasteiger charge is -2.39. The van der Waals surface area contributed by atoms with Crippen LogP contribution in [0.5, 0.6) is 0 Å². The molecule has 1 saturated heterocycles. The molecule has 0 radical (unpaired) electrons. The SMILES string of the molecule is CN1C(=O)C2(CCN(c3ccccc3)CC2)c2cc(C(=O)NCc3cccnc3)ccc21. The lowest BCUT2D eigenvalue weighted by molar-refractivity contribution is -0.123. The fourth-order valence-corrected chi connectivity index (χ4v) is 4.95. The standard InChI is InChI=1S/C26H26N4O2/c1-29-23-10-9-20(24(31)28-18-19-6-5-13-27-17-19)16-22(23)26(25(29)32)11-14-30(15-12-26)21-7-3-2-4-8-21/h2-10,13,16-17H,11-12,14-15,18H2,1H3,(H,28,31). The maximum atomic E-state index is 13.4. The Morgan fingerprint density at radius 3 is 2.56 bits per heavy atom. The predicted molar refractivity (Wildman–Crippen MR) is 125 cm³/mol. The zero-order valence-corrected chi connectivity index (χ0v) is 18.1. The van der Waals surface area contributed by atoms with Crippen LogP contribution >= 0.6 is 0 Å². The third kappa shape index (κ3) is 3.42. The number of carbonyl (C=O) groups is 2. The molecule has 3 heterocycles. The second-order valence-electron chi connectivity index (χ2n) is 8.54. The van der Waals surface area contributed by atoms with Gasteiger partial charge in [-0.1, -0.05) is 24.3 Å². The number of piperidine rings is 1. The first-order chi connectivity index (χ1) is 15.6. The molecular weight excluding hydrogens is 400 g/mol. The molecule has 162 valence electrons. The Morgan fingerprint density at radius 2 is 1.84 bits per heavy atom. The number of pyridine rings is 1. The van der Waals surface area contributed by atoms with E-state index in [-0.39, 0.29) is 11.8 Å². The maximum Gasteiger partial charge on any atom is 0.251 e. The summed E-state index contributed by atoms with van der Waals surface area (Å²) in [6.07, 6.45) is 4.92. The first kappa shape index (κ1) is 20.2. The van der Waals surface area contributed by atoms with Crippen LogP contribution < -0.4 is 15.1 Å². The number of fused-ring (bicyclic) bond motifs is 2. The van der Waals surface area contributed by atoms with E-state index in [1.807, 2.05) is 49.5 Å². The van der Waals surface area contributed by atoms with Gasteiger partial charge in [-0.3, -0.25) is 14.6 Å². The van der Waals surface area contributed by atoms with E-state index in [0.717, 1.165) is 42.7 Å². The third-order valence-corrected chi connectivity index (χ3v) is 6.76. The van der Waals surface area contributed by atoms with Crippen LogP contribution in [0, 0.1) is 0 Å². The summed E-state index contributed by atoms with van der Waals surface area (Å²) >= 11 is 0. The van der Waals surface area contributed by atoms with Gasteiger partial charge >= 0.3 is 0 Å². The van der Waals surface area contributed by atoms with Gasteiger partial charge in [0.25, 0.3) is 5.91 Å². The third-order valence-electron chi connectivity index (χ3n) is 6.76. The summed E-state index contributed by atoms with van der Waals surface area (Å²) in [4.78, 5) is 34.4. The lowest BCUT2D eigenvalue weighted by atomic mass is 9.73. The fourth-order valence-electron chi connectivity index (χ4n) is 4.95. The van der Waals surface area contributed by atoms with E-state index in [9.17, 15) is 9.59 Å². The molecule has 0 atom stereocenters. The van der Waals surface area contributed by atoms with Crippen LogP contribution in [-0.4, -0.2) is 36.9 Å². The number of nitrogens with zero attached hydrogens (tertiary/aromatic N) is 3. The molecule has 0 bridgehead atoms. The van der Waals surface area contributed by atoms with E-state index in [1.165, 1.54) is 5.69 Å². The second kappa shape index (κ2) is 8.11. The Balaban J connectivity index is 1.38. The number of para-hydroxylation sites is 1. The highest BCUT2D eigenvalue weighted by atomic mass is 16.2. The van der Waals surface area contributed by atoms with Gasteiger partial charge in [0.2, 0.25) is 5.91 Å². The summed E-state index contributed by atoms with van der Waals surface area (Å²) in [5.41, 5.74) is 4.04. The topological polar surface area (TPSA) is 65.5 Å². The Kier molecular flexibility index (Phi) is 5.13. The summed E-state index contributed by atoms with van der Waals surface area (Å²) in [6.45, 7) is 2.03. The van der Waals surface area contributed by atoms with Crippen molar-refractivity contribution in [3.8, 4) is 0 Å². The predicted octanol–water partition coefficient (Wildman–Crippen LogP) is 3.53. The van der Waals surface area contributed by atoms with Crippen molar-refractivity contribution in [1.82, 2.24) is 10.3 Å². The molecule has 0 unspecified atom stereocenters. The Morgan fingerprint density at radius 1 is 1.06 bits per heavy atom. The van der Waals surface area contributed by atoms with Crippen LogP contribution in [-0.2, 0) is 16.8 Å². The highest BCUT2D eigenvalue weighted by Gasteiger charge is 2.51. The molecule has 0 aliphatic carbocycles. The van der Waals surface area contributed by atoms with Crippen LogP contribution in [0.1, 0.15) is 34.3 Å². The molecule has 2 aliphatic heterocycles.